The van der Waals surface area contributed by atoms with E-state index in [9.17, 15) is 8.42 Å². The standard InChI is InChI=1S/C14H22BrN3O2S/c1-10-8-18(9-13(10)17(2)3)21(19,20)14-5-4-11(7-16)6-12(14)15/h4-6,10,13H,7-9,16H2,1-3H3. The van der Waals surface area contributed by atoms with E-state index in [-0.39, 0.29) is 6.04 Å². The van der Waals surface area contributed by atoms with Gasteiger partial charge in [-0.2, -0.15) is 4.31 Å². The number of benzene rings is 1. The number of nitrogens with two attached hydrogens (primary N) is 1. The molecule has 5 nitrogen and oxygen atoms in total. The summed E-state index contributed by atoms with van der Waals surface area (Å²) in [6.07, 6.45) is 0. The first-order valence-electron chi connectivity index (χ1n) is 6.92. The molecule has 2 N–H and O–H groups in total. The van der Waals surface area contributed by atoms with Crippen LogP contribution in [0.2, 0.25) is 0 Å². The Balaban J connectivity index is 2.31. The maximum atomic E-state index is 12.8. The lowest BCUT2D eigenvalue weighted by atomic mass is 10.1. The summed E-state index contributed by atoms with van der Waals surface area (Å²) in [5, 5.41) is 0. The lowest BCUT2D eigenvalue weighted by Gasteiger charge is -2.22. The van der Waals surface area contributed by atoms with Crippen LogP contribution in [0.3, 0.4) is 0 Å². The monoisotopic (exact) mass is 375 g/mol. The fraction of sp³-hybridized carbons (Fsp3) is 0.571. The lowest BCUT2D eigenvalue weighted by Crippen LogP contribution is -2.35. The second kappa shape index (κ2) is 6.34. The van der Waals surface area contributed by atoms with E-state index in [0.717, 1.165) is 5.56 Å². The molecule has 1 saturated heterocycles. The van der Waals surface area contributed by atoms with Crippen molar-refractivity contribution in [1.29, 1.82) is 0 Å². The van der Waals surface area contributed by atoms with Gasteiger partial charge in [-0.05, 0) is 53.6 Å². The molecule has 0 spiro atoms. The highest BCUT2D eigenvalue weighted by molar-refractivity contribution is 9.10. The Morgan fingerprint density at radius 3 is 2.52 bits per heavy atom. The molecule has 21 heavy (non-hydrogen) atoms. The second-order valence-electron chi connectivity index (χ2n) is 5.80. The molecule has 0 aliphatic carbocycles. The average Bonchev–Trinajstić information content (AvgIpc) is 2.81. The summed E-state index contributed by atoms with van der Waals surface area (Å²) in [4.78, 5) is 2.40. The third-order valence-corrected chi connectivity index (χ3v) is 6.86. The third-order valence-electron chi connectivity index (χ3n) is 4.05. The number of hydrogen-bond donors (Lipinski definition) is 1. The summed E-state index contributed by atoms with van der Waals surface area (Å²) < 4.78 is 27.8. The summed E-state index contributed by atoms with van der Waals surface area (Å²) >= 11 is 3.36. The van der Waals surface area contributed by atoms with Crippen LogP contribution in [-0.4, -0.2) is 50.8 Å². The normalized spacial score (nSPS) is 23.9. The largest absolute Gasteiger partial charge is 0.326 e. The third kappa shape index (κ3) is 3.32. The van der Waals surface area contributed by atoms with Gasteiger partial charge >= 0.3 is 0 Å². The molecule has 0 radical (unpaired) electrons. The van der Waals surface area contributed by atoms with Gasteiger partial charge in [0.05, 0.1) is 4.90 Å². The zero-order chi connectivity index (χ0) is 15.8. The Morgan fingerprint density at radius 2 is 2.05 bits per heavy atom. The number of nitrogens with zero attached hydrogens (tertiary/aromatic N) is 2. The van der Waals surface area contributed by atoms with Crippen molar-refractivity contribution >= 4 is 26.0 Å². The molecule has 1 aromatic carbocycles. The molecule has 2 atom stereocenters. The number of halogens is 1. The van der Waals surface area contributed by atoms with E-state index in [1.54, 1.807) is 22.5 Å². The zero-order valence-corrected chi connectivity index (χ0v) is 15.0. The van der Waals surface area contributed by atoms with Crippen LogP contribution < -0.4 is 5.73 Å². The van der Waals surface area contributed by atoms with Crippen molar-refractivity contribution in [2.45, 2.75) is 24.4 Å². The molecule has 7 heteroatoms. The smallest absolute Gasteiger partial charge is 0.244 e. The Labute approximate surface area is 135 Å². The number of hydrogen-bond acceptors (Lipinski definition) is 4. The molecule has 2 unspecified atom stereocenters. The van der Waals surface area contributed by atoms with E-state index in [2.05, 4.69) is 27.8 Å². The Kier molecular flexibility index (Phi) is 5.10. The summed E-state index contributed by atoms with van der Waals surface area (Å²) in [5.74, 6) is 0.317. The highest BCUT2D eigenvalue weighted by Gasteiger charge is 2.38. The summed E-state index contributed by atoms with van der Waals surface area (Å²) in [7, 11) is 0.504. The number of likely N-dealkylation sites (N-methyl/N-ethyl adjacent to an activating group) is 1. The molecule has 1 aromatic rings. The maximum Gasteiger partial charge on any atom is 0.244 e. The summed E-state index contributed by atoms with van der Waals surface area (Å²) in [5.41, 5.74) is 6.49. The molecule has 2 rings (SSSR count). The molecule has 0 aromatic heterocycles. The van der Waals surface area contributed by atoms with Crippen LogP contribution in [-0.2, 0) is 16.6 Å². The van der Waals surface area contributed by atoms with Crippen molar-refractivity contribution in [3.05, 3.63) is 28.2 Å². The van der Waals surface area contributed by atoms with E-state index < -0.39 is 10.0 Å². The molecule has 1 aliphatic rings. The highest BCUT2D eigenvalue weighted by Crippen LogP contribution is 2.30. The highest BCUT2D eigenvalue weighted by atomic mass is 79.9. The van der Waals surface area contributed by atoms with Gasteiger partial charge in [-0.15, -0.1) is 0 Å². The molecular weight excluding hydrogens is 354 g/mol. The van der Waals surface area contributed by atoms with Crippen molar-refractivity contribution in [3.8, 4) is 0 Å². The minimum atomic E-state index is -3.47. The van der Waals surface area contributed by atoms with E-state index >= 15 is 0 Å². The minimum Gasteiger partial charge on any atom is -0.326 e. The molecule has 0 saturated carbocycles. The van der Waals surface area contributed by atoms with Crippen LogP contribution in [0.1, 0.15) is 12.5 Å². The zero-order valence-electron chi connectivity index (χ0n) is 12.6. The molecule has 118 valence electrons. The van der Waals surface area contributed by atoms with Crippen LogP contribution in [0.15, 0.2) is 27.6 Å². The quantitative estimate of drug-likeness (QED) is 0.865. The topological polar surface area (TPSA) is 66.6 Å². The SMILES string of the molecule is CC1CN(S(=O)(=O)c2ccc(CN)cc2Br)CC1N(C)C. The molecular formula is C14H22BrN3O2S. The van der Waals surface area contributed by atoms with E-state index in [0.29, 0.717) is 34.9 Å². The summed E-state index contributed by atoms with van der Waals surface area (Å²) in [6.45, 7) is 3.56. The molecule has 1 fully saturated rings. The van der Waals surface area contributed by atoms with Crippen LogP contribution >= 0.6 is 15.9 Å². The van der Waals surface area contributed by atoms with Crippen LogP contribution in [0.4, 0.5) is 0 Å². The van der Waals surface area contributed by atoms with Crippen molar-refractivity contribution < 1.29 is 8.42 Å². The minimum absolute atomic E-state index is 0.252. The molecule has 1 aliphatic heterocycles. The van der Waals surface area contributed by atoms with Crippen molar-refractivity contribution in [2.24, 2.45) is 11.7 Å². The maximum absolute atomic E-state index is 12.8. The molecule has 0 bridgehead atoms. The Hall–Kier alpha value is -0.470. The van der Waals surface area contributed by atoms with Crippen molar-refractivity contribution in [1.82, 2.24) is 9.21 Å². The molecule has 1 heterocycles. The van der Waals surface area contributed by atoms with E-state index in [1.807, 2.05) is 14.1 Å². The molecule has 0 amide bonds. The number of sulfonamides is 1. The van der Waals surface area contributed by atoms with Crippen LogP contribution in [0.5, 0.6) is 0 Å². The number of rotatable bonds is 4. The van der Waals surface area contributed by atoms with E-state index in [4.69, 9.17) is 5.73 Å². The lowest BCUT2D eigenvalue weighted by molar-refractivity contribution is 0.263. The van der Waals surface area contributed by atoms with Gasteiger partial charge in [0.2, 0.25) is 10.0 Å². The van der Waals surface area contributed by atoms with Gasteiger partial charge in [0.15, 0.2) is 0 Å². The summed E-state index contributed by atoms with van der Waals surface area (Å²) in [6, 6.07) is 5.42. The second-order valence-corrected chi connectivity index (χ2v) is 8.56. The first-order valence-corrected chi connectivity index (χ1v) is 9.15. The Morgan fingerprint density at radius 1 is 1.38 bits per heavy atom. The average molecular weight is 376 g/mol. The van der Waals surface area contributed by atoms with Gasteiger partial charge in [-0.25, -0.2) is 8.42 Å². The van der Waals surface area contributed by atoms with Gasteiger partial charge in [0.25, 0.3) is 0 Å². The first-order chi connectivity index (χ1) is 9.77. The van der Waals surface area contributed by atoms with Gasteiger partial charge in [-0.3, -0.25) is 0 Å². The van der Waals surface area contributed by atoms with Gasteiger partial charge in [0.1, 0.15) is 0 Å². The van der Waals surface area contributed by atoms with Crippen molar-refractivity contribution in [2.75, 3.05) is 27.2 Å². The van der Waals surface area contributed by atoms with Gasteiger partial charge < -0.3 is 10.6 Å². The first kappa shape index (κ1) is 16.9. The van der Waals surface area contributed by atoms with E-state index in [1.165, 1.54) is 0 Å². The fourth-order valence-corrected chi connectivity index (χ4v) is 5.44. The van der Waals surface area contributed by atoms with Gasteiger partial charge in [0, 0.05) is 30.1 Å². The predicted molar refractivity (Wildman–Crippen MR) is 87.4 cm³/mol. The Bertz CT molecular complexity index is 619. The van der Waals surface area contributed by atoms with Crippen LogP contribution in [0.25, 0.3) is 0 Å². The van der Waals surface area contributed by atoms with Crippen LogP contribution in [0, 0.1) is 5.92 Å². The van der Waals surface area contributed by atoms with Crippen molar-refractivity contribution in [3.63, 3.8) is 0 Å². The van der Waals surface area contributed by atoms with Gasteiger partial charge in [-0.1, -0.05) is 13.0 Å². The predicted octanol–water partition coefficient (Wildman–Crippen LogP) is 1.48. The fourth-order valence-electron chi connectivity index (χ4n) is 2.79.